The first kappa shape index (κ1) is 34.0. The predicted molar refractivity (Wildman–Crippen MR) is 158 cm³/mol. The van der Waals surface area contributed by atoms with Crippen LogP contribution in [0, 0.1) is 0 Å². The molecule has 0 bridgehead atoms. The van der Waals surface area contributed by atoms with Crippen molar-refractivity contribution in [3.8, 4) is 0 Å². The Morgan fingerprint density at radius 2 is 0.529 bits per heavy atom. The van der Waals surface area contributed by atoms with E-state index in [-0.39, 0.29) is 0 Å². The van der Waals surface area contributed by atoms with Crippen LogP contribution in [0.5, 0.6) is 0 Å². The largest absolute Gasteiger partial charge is 0.322 e. The van der Waals surface area contributed by atoms with Crippen molar-refractivity contribution in [1.29, 1.82) is 0 Å². The molecule has 0 fully saturated rings. The van der Waals surface area contributed by atoms with Gasteiger partial charge in [0.15, 0.2) is 0 Å². The summed E-state index contributed by atoms with van der Waals surface area (Å²) in [4.78, 5) is 0. The van der Waals surface area contributed by atoms with Gasteiger partial charge in [-0.25, -0.2) is 0 Å². The van der Waals surface area contributed by atoms with Gasteiger partial charge in [0, 0.05) is 0 Å². The van der Waals surface area contributed by atoms with E-state index in [0.29, 0.717) is 0 Å². The number of hydrogen-bond donors (Lipinski definition) is 0. The minimum atomic E-state index is 0.790. The second kappa shape index (κ2) is 26.0. The highest BCUT2D eigenvalue weighted by atomic mass is 15.4. The molecule has 0 heterocycles. The minimum Gasteiger partial charge on any atom is -0.322 e. The predicted octanol–water partition coefficient (Wildman–Crippen LogP) is 11.6. The molecular formula is C33H70N+. The van der Waals surface area contributed by atoms with Gasteiger partial charge in [-0.15, -0.1) is 0 Å². The molecule has 206 valence electrons. The summed E-state index contributed by atoms with van der Waals surface area (Å²) in [6.45, 7) is 16.4. The summed E-state index contributed by atoms with van der Waals surface area (Å²) in [6, 6.07) is 0.790. The van der Waals surface area contributed by atoms with E-state index >= 15 is 0 Å². The highest BCUT2D eigenvalue weighted by Crippen LogP contribution is 2.22. The Bertz CT molecular complexity index is 324. The lowest BCUT2D eigenvalue weighted by molar-refractivity contribution is -0.948. The van der Waals surface area contributed by atoms with Gasteiger partial charge in [-0.05, 0) is 52.4 Å². The number of hydrogen-bond acceptors (Lipinski definition) is 0. The molecule has 0 rings (SSSR count). The zero-order valence-corrected chi connectivity index (χ0v) is 25.1. The fourth-order valence-corrected chi connectivity index (χ4v) is 5.79. The van der Waals surface area contributed by atoms with Crippen molar-refractivity contribution in [2.75, 3.05) is 19.6 Å². The van der Waals surface area contributed by atoms with E-state index in [2.05, 4.69) is 34.6 Å². The number of nitrogens with zero attached hydrogens (tertiary/aromatic N) is 1. The van der Waals surface area contributed by atoms with Crippen LogP contribution in [0.15, 0.2) is 0 Å². The lowest BCUT2D eigenvalue weighted by Crippen LogP contribution is -2.55. The fourth-order valence-electron chi connectivity index (χ4n) is 5.79. The van der Waals surface area contributed by atoms with E-state index < -0.39 is 0 Å². The molecule has 0 atom stereocenters. The highest BCUT2D eigenvalue weighted by molar-refractivity contribution is 4.56. The second-order valence-corrected chi connectivity index (χ2v) is 11.9. The van der Waals surface area contributed by atoms with Crippen LogP contribution in [0.2, 0.25) is 0 Å². The van der Waals surface area contributed by atoms with Crippen LogP contribution < -0.4 is 0 Å². The molecule has 1 nitrogen and oxygen atoms in total. The zero-order chi connectivity index (χ0) is 25.2. The normalized spacial score (nSPS) is 12.2. The van der Waals surface area contributed by atoms with Gasteiger partial charge < -0.3 is 4.48 Å². The van der Waals surface area contributed by atoms with Crippen molar-refractivity contribution in [2.45, 2.75) is 195 Å². The summed E-state index contributed by atoms with van der Waals surface area (Å²) < 4.78 is 1.42. The Morgan fingerprint density at radius 3 is 0.735 bits per heavy atom. The Hall–Kier alpha value is -0.0400. The first-order valence-corrected chi connectivity index (χ1v) is 16.5. The standard InChI is InChI=1S/C33H70N/c1-6-9-12-15-18-21-24-27-30-34(33(4)5,31-28-25-22-19-16-13-10-7-2)32-29-26-23-20-17-14-11-8-3/h33H,6-32H2,1-5H3/q+1. The van der Waals surface area contributed by atoms with Crippen molar-refractivity contribution in [2.24, 2.45) is 0 Å². The first-order chi connectivity index (χ1) is 16.6. The summed E-state index contributed by atoms with van der Waals surface area (Å²) in [7, 11) is 0. The van der Waals surface area contributed by atoms with E-state index in [1.165, 1.54) is 178 Å². The summed E-state index contributed by atoms with van der Waals surface area (Å²) in [5, 5.41) is 0. The van der Waals surface area contributed by atoms with Crippen molar-refractivity contribution in [3.63, 3.8) is 0 Å². The molecule has 0 aliphatic carbocycles. The quantitative estimate of drug-likeness (QED) is 0.0771. The van der Waals surface area contributed by atoms with Gasteiger partial charge in [0.25, 0.3) is 0 Å². The van der Waals surface area contributed by atoms with Gasteiger partial charge in [0.1, 0.15) is 0 Å². The third-order valence-corrected chi connectivity index (χ3v) is 8.47. The SMILES string of the molecule is CCCCCCCCCC[N+](CCCCCCCCCC)(CCCCCCCCCC)C(C)C. The van der Waals surface area contributed by atoms with Crippen LogP contribution in [0.25, 0.3) is 0 Å². The minimum absolute atomic E-state index is 0.790. The molecule has 1 heteroatoms. The molecule has 0 saturated carbocycles. The molecule has 0 aliphatic heterocycles. The molecule has 0 aliphatic rings. The molecule has 0 saturated heterocycles. The Morgan fingerprint density at radius 1 is 0.324 bits per heavy atom. The Kier molecular flexibility index (Phi) is 26.0. The Balaban J connectivity index is 4.41. The summed E-state index contributed by atoms with van der Waals surface area (Å²) >= 11 is 0. The molecule has 0 aromatic heterocycles. The summed E-state index contributed by atoms with van der Waals surface area (Å²) in [5.41, 5.74) is 0. The van der Waals surface area contributed by atoms with Crippen LogP contribution in [0.1, 0.15) is 189 Å². The third-order valence-electron chi connectivity index (χ3n) is 8.47. The number of rotatable bonds is 28. The first-order valence-electron chi connectivity index (χ1n) is 16.5. The van der Waals surface area contributed by atoms with Crippen LogP contribution in [0.3, 0.4) is 0 Å². The van der Waals surface area contributed by atoms with Gasteiger partial charge in [-0.2, -0.15) is 0 Å². The van der Waals surface area contributed by atoms with Crippen LogP contribution in [-0.2, 0) is 0 Å². The Labute approximate surface area is 218 Å². The topological polar surface area (TPSA) is 0 Å². The monoisotopic (exact) mass is 481 g/mol. The molecule has 0 radical (unpaired) electrons. The second-order valence-electron chi connectivity index (χ2n) is 11.9. The van der Waals surface area contributed by atoms with E-state index in [9.17, 15) is 0 Å². The molecule has 34 heavy (non-hydrogen) atoms. The van der Waals surface area contributed by atoms with Crippen molar-refractivity contribution >= 4 is 0 Å². The van der Waals surface area contributed by atoms with Crippen molar-refractivity contribution in [1.82, 2.24) is 0 Å². The van der Waals surface area contributed by atoms with E-state index in [1.807, 2.05) is 0 Å². The van der Waals surface area contributed by atoms with E-state index in [1.54, 1.807) is 0 Å². The van der Waals surface area contributed by atoms with Gasteiger partial charge >= 0.3 is 0 Å². The van der Waals surface area contributed by atoms with Crippen LogP contribution in [-0.4, -0.2) is 30.2 Å². The molecule has 0 N–H and O–H groups in total. The maximum atomic E-state index is 2.53. The number of quaternary nitrogens is 1. The van der Waals surface area contributed by atoms with Gasteiger partial charge in [-0.1, -0.05) is 136 Å². The van der Waals surface area contributed by atoms with Crippen molar-refractivity contribution in [3.05, 3.63) is 0 Å². The average Bonchev–Trinajstić information content (AvgIpc) is 2.83. The molecular weight excluding hydrogens is 410 g/mol. The molecule has 0 aromatic carbocycles. The lowest BCUT2D eigenvalue weighted by Gasteiger charge is -2.43. The molecule has 0 aromatic rings. The van der Waals surface area contributed by atoms with Crippen LogP contribution >= 0.6 is 0 Å². The number of unbranched alkanes of at least 4 members (excludes halogenated alkanes) is 21. The maximum absolute atomic E-state index is 2.53. The van der Waals surface area contributed by atoms with E-state index in [4.69, 9.17) is 0 Å². The maximum Gasteiger partial charge on any atom is 0.0833 e. The summed E-state index contributed by atoms with van der Waals surface area (Å²) in [5.74, 6) is 0. The van der Waals surface area contributed by atoms with Gasteiger partial charge in [0.2, 0.25) is 0 Å². The lowest BCUT2D eigenvalue weighted by atomic mass is 10.0. The smallest absolute Gasteiger partial charge is 0.0833 e. The molecule has 0 unspecified atom stereocenters. The highest BCUT2D eigenvalue weighted by Gasteiger charge is 2.29. The molecule has 0 spiro atoms. The van der Waals surface area contributed by atoms with E-state index in [0.717, 1.165) is 6.04 Å². The zero-order valence-electron chi connectivity index (χ0n) is 25.1. The average molecular weight is 481 g/mol. The van der Waals surface area contributed by atoms with Gasteiger partial charge in [0.05, 0.1) is 25.7 Å². The molecule has 0 amide bonds. The van der Waals surface area contributed by atoms with Gasteiger partial charge in [-0.3, -0.25) is 0 Å². The van der Waals surface area contributed by atoms with Crippen LogP contribution in [0.4, 0.5) is 0 Å². The third kappa shape index (κ3) is 20.2. The summed E-state index contributed by atoms with van der Waals surface area (Å²) in [6.07, 6.45) is 34.8. The fraction of sp³-hybridized carbons (Fsp3) is 1.00. The van der Waals surface area contributed by atoms with Crippen molar-refractivity contribution < 1.29 is 4.48 Å².